The molecule has 3 atom stereocenters. The Bertz CT molecular complexity index is 1270. The third kappa shape index (κ3) is 3.14. The van der Waals surface area contributed by atoms with Crippen molar-refractivity contribution in [2.24, 2.45) is 16.6 Å². The van der Waals surface area contributed by atoms with Crippen molar-refractivity contribution >= 4 is 39.5 Å². The van der Waals surface area contributed by atoms with Crippen molar-refractivity contribution in [2.75, 3.05) is 19.1 Å². The van der Waals surface area contributed by atoms with Crippen molar-refractivity contribution in [3.8, 4) is 5.75 Å². The fraction of sp³-hybridized carbons (Fsp3) is 0.333. The lowest BCUT2D eigenvalue weighted by Gasteiger charge is -2.33. The first-order chi connectivity index (χ1) is 15.3. The summed E-state index contributed by atoms with van der Waals surface area (Å²) in [5.41, 5.74) is 5.96. The van der Waals surface area contributed by atoms with E-state index in [1.807, 2.05) is 0 Å². The maximum atomic E-state index is 15.0. The van der Waals surface area contributed by atoms with Crippen molar-refractivity contribution in [1.82, 2.24) is 15.0 Å². The number of thioether (sulfide) groups is 1. The summed E-state index contributed by atoms with van der Waals surface area (Å²) in [5, 5.41) is 3.16. The van der Waals surface area contributed by atoms with E-state index in [-0.39, 0.29) is 22.3 Å². The second-order valence-corrected chi connectivity index (χ2v) is 9.50. The van der Waals surface area contributed by atoms with E-state index in [9.17, 15) is 13.2 Å². The molecular formula is C21H19F3N6OS. The van der Waals surface area contributed by atoms with Crippen LogP contribution in [0.3, 0.4) is 0 Å². The second kappa shape index (κ2) is 7.22. The number of methoxy groups -OCH3 is 1. The smallest absolute Gasteiger partial charge is 0.164 e. The number of aliphatic imine (C=N–C) groups is 1. The molecule has 0 spiro atoms. The number of nitrogens with two attached hydrogens (primary N) is 1. The molecule has 0 radical (unpaired) electrons. The van der Waals surface area contributed by atoms with Gasteiger partial charge >= 0.3 is 0 Å². The molecule has 11 heteroatoms. The van der Waals surface area contributed by atoms with Gasteiger partial charge in [0.2, 0.25) is 0 Å². The molecule has 1 aliphatic carbocycles. The van der Waals surface area contributed by atoms with E-state index in [1.54, 1.807) is 13.0 Å². The molecule has 166 valence electrons. The Kier molecular flexibility index (Phi) is 4.70. The lowest BCUT2D eigenvalue weighted by molar-refractivity contribution is 0.357. The van der Waals surface area contributed by atoms with Crippen LogP contribution in [0.15, 0.2) is 35.7 Å². The van der Waals surface area contributed by atoms with Crippen molar-refractivity contribution in [3.05, 3.63) is 47.9 Å². The van der Waals surface area contributed by atoms with Gasteiger partial charge in [-0.3, -0.25) is 4.99 Å². The molecule has 0 saturated heterocycles. The monoisotopic (exact) mass is 460 g/mol. The maximum absolute atomic E-state index is 15.0. The first-order valence-corrected chi connectivity index (χ1v) is 10.6. The lowest BCUT2D eigenvalue weighted by Crippen LogP contribution is -2.37. The number of anilines is 2. The van der Waals surface area contributed by atoms with Crippen LogP contribution in [0.2, 0.25) is 0 Å². The van der Waals surface area contributed by atoms with Gasteiger partial charge in [-0.15, -0.1) is 0 Å². The first kappa shape index (κ1) is 20.8. The highest BCUT2D eigenvalue weighted by Gasteiger charge is 2.66. The Labute approximate surface area is 185 Å². The van der Waals surface area contributed by atoms with E-state index in [1.165, 1.54) is 37.5 Å². The van der Waals surface area contributed by atoms with Crippen LogP contribution in [-0.4, -0.2) is 38.7 Å². The van der Waals surface area contributed by atoms with Gasteiger partial charge in [0, 0.05) is 29.3 Å². The number of amidine groups is 1. The molecule has 1 aromatic carbocycles. The third-order valence-electron chi connectivity index (χ3n) is 6.10. The molecule has 3 heterocycles. The van der Waals surface area contributed by atoms with Crippen LogP contribution in [0.1, 0.15) is 18.9 Å². The van der Waals surface area contributed by atoms with Crippen molar-refractivity contribution in [1.29, 1.82) is 0 Å². The predicted octanol–water partition coefficient (Wildman–Crippen LogP) is 4.06. The Balaban J connectivity index is 1.57. The lowest BCUT2D eigenvalue weighted by atomic mass is 9.85. The molecule has 0 amide bonds. The van der Waals surface area contributed by atoms with Crippen LogP contribution < -0.4 is 15.8 Å². The van der Waals surface area contributed by atoms with Gasteiger partial charge in [-0.1, -0.05) is 11.8 Å². The van der Waals surface area contributed by atoms with E-state index in [4.69, 9.17) is 10.5 Å². The van der Waals surface area contributed by atoms with Crippen molar-refractivity contribution < 1.29 is 17.9 Å². The maximum Gasteiger partial charge on any atom is 0.164 e. The topological polar surface area (TPSA) is 98.3 Å². The quantitative estimate of drug-likeness (QED) is 0.593. The van der Waals surface area contributed by atoms with E-state index in [2.05, 4.69) is 25.3 Å². The number of aromatic nitrogens is 3. The van der Waals surface area contributed by atoms with Gasteiger partial charge in [-0.25, -0.2) is 28.1 Å². The van der Waals surface area contributed by atoms with E-state index in [0.29, 0.717) is 29.0 Å². The van der Waals surface area contributed by atoms with Crippen molar-refractivity contribution in [3.63, 3.8) is 0 Å². The average Bonchev–Trinajstić information content (AvgIpc) is 3.51. The molecule has 1 aliphatic heterocycles. The van der Waals surface area contributed by atoms with Gasteiger partial charge in [0.15, 0.2) is 22.6 Å². The molecule has 1 saturated carbocycles. The zero-order valence-corrected chi connectivity index (χ0v) is 18.0. The van der Waals surface area contributed by atoms with Gasteiger partial charge < -0.3 is 15.8 Å². The van der Waals surface area contributed by atoms with Gasteiger partial charge in [0.25, 0.3) is 0 Å². The molecule has 1 fully saturated rings. The van der Waals surface area contributed by atoms with Gasteiger partial charge in [0.1, 0.15) is 24.3 Å². The standard InChI is InChI=1S/C21H19F3N6OS/c1-20(15-6-21(15,8-22)32-19(25)30-20)12-3-10(4-13(23)16(12)24)29-18-17-14(27-9-28-18)5-11(31-2)7-26-17/h3-5,7,9,15H,6,8H2,1-2H3,(H2,25,30)(H,27,28,29)/t15-,20+,21+/m0/s1. The molecule has 32 heavy (non-hydrogen) atoms. The summed E-state index contributed by atoms with van der Waals surface area (Å²) in [6.07, 6.45) is 3.32. The zero-order chi connectivity index (χ0) is 22.7. The normalized spacial score (nSPS) is 26.4. The highest BCUT2D eigenvalue weighted by atomic mass is 32.2. The van der Waals surface area contributed by atoms with Crippen LogP contribution >= 0.6 is 11.8 Å². The number of fused-ring (bicyclic) bond motifs is 2. The number of nitrogens with zero attached hydrogens (tertiary/aromatic N) is 4. The summed E-state index contributed by atoms with van der Waals surface area (Å²) in [4.78, 5) is 17.1. The number of hydrogen-bond donors (Lipinski definition) is 2. The van der Waals surface area contributed by atoms with E-state index >= 15 is 0 Å². The summed E-state index contributed by atoms with van der Waals surface area (Å²) >= 11 is 1.17. The van der Waals surface area contributed by atoms with Gasteiger partial charge in [0.05, 0.1) is 29.1 Å². The third-order valence-corrected chi connectivity index (χ3v) is 7.37. The zero-order valence-electron chi connectivity index (χ0n) is 17.2. The van der Waals surface area contributed by atoms with E-state index in [0.717, 1.165) is 6.07 Å². The summed E-state index contributed by atoms with van der Waals surface area (Å²) in [7, 11) is 1.52. The molecule has 3 N–H and O–H groups in total. The largest absolute Gasteiger partial charge is 0.495 e. The number of alkyl halides is 1. The molecule has 0 unspecified atom stereocenters. The number of ether oxygens (including phenoxy) is 1. The molecule has 3 aromatic rings. The number of rotatable bonds is 5. The number of halogens is 3. The summed E-state index contributed by atoms with van der Waals surface area (Å²) in [6.45, 7) is 1.05. The van der Waals surface area contributed by atoms with Crippen LogP contribution in [0.5, 0.6) is 5.75 Å². The number of pyridine rings is 1. The van der Waals surface area contributed by atoms with Crippen LogP contribution in [0.4, 0.5) is 24.7 Å². The Morgan fingerprint density at radius 1 is 1.25 bits per heavy atom. The SMILES string of the molecule is COc1cnc2c(Nc3cc(F)c(F)c([C@@]4(C)N=C(N)S[C@@]5(CF)C[C@H]54)c3)ncnc2c1. The fourth-order valence-electron chi connectivity index (χ4n) is 4.37. The van der Waals surface area contributed by atoms with Gasteiger partial charge in [-0.05, 0) is 19.4 Å². The minimum absolute atomic E-state index is 0.0107. The average molecular weight is 460 g/mol. The highest BCUT2D eigenvalue weighted by Crippen LogP contribution is 2.66. The fourth-order valence-corrected chi connectivity index (χ4v) is 5.69. The predicted molar refractivity (Wildman–Crippen MR) is 117 cm³/mol. The first-order valence-electron chi connectivity index (χ1n) is 9.81. The molecule has 5 rings (SSSR count). The van der Waals surface area contributed by atoms with Crippen LogP contribution in [-0.2, 0) is 5.54 Å². The van der Waals surface area contributed by atoms with Gasteiger partial charge in [-0.2, -0.15) is 0 Å². The number of nitrogens with one attached hydrogen (secondary N) is 1. The van der Waals surface area contributed by atoms with E-state index < -0.39 is 28.6 Å². The Morgan fingerprint density at radius 2 is 2.06 bits per heavy atom. The molecule has 7 nitrogen and oxygen atoms in total. The highest BCUT2D eigenvalue weighted by molar-refractivity contribution is 8.15. The second-order valence-electron chi connectivity index (χ2n) is 8.06. The Hall–Kier alpha value is -3.08. The summed E-state index contributed by atoms with van der Waals surface area (Å²) in [5.74, 6) is -1.55. The summed E-state index contributed by atoms with van der Waals surface area (Å²) in [6, 6.07) is 4.18. The number of benzene rings is 1. The minimum Gasteiger partial charge on any atom is -0.495 e. The molecular weight excluding hydrogens is 441 g/mol. The minimum atomic E-state index is -1.19. The molecule has 0 bridgehead atoms. The molecule has 2 aromatic heterocycles. The molecule has 2 aliphatic rings. The number of hydrogen-bond acceptors (Lipinski definition) is 8. The van der Waals surface area contributed by atoms with Crippen molar-refractivity contribution in [2.45, 2.75) is 23.6 Å². The van der Waals surface area contributed by atoms with Crippen LogP contribution in [0.25, 0.3) is 11.0 Å². The Morgan fingerprint density at radius 3 is 2.81 bits per heavy atom. The summed E-state index contributed by atoms with van der Waals surface area (Å²) < 4.78 is 47.8. The van der Waals surface area contributed by atoms with Crippen LogP contribution in [0, 0.1) is 17.6 Å².